The van der Waals surface area contributed by atoms with Gasteiger partial charge in [-0.05, 0) is 12.8 Å². The Kier molecular flexibility index (Phi) is 2.89. The van der Waals surface area contributed by atoms with Gasteiger partial charge in [-0.3, -0.25) is 4.99 Å². The number of aliphatic imine (C=N–C) groups is 1. The lowest BCUT2D eigenvalue weighted by Gasteiger charge is -2.08. The summed E-state index contributed by atoms with van der Waals surface area (Å²) in [7, 11) is 0. The van der Waals surface area contributed by atoms with Crippen LogP contribution in [-0.2, 0) is 6.18 Å². The van der Waals surface area contributed by atoms with Crippen LogP contribution >= 0.6 is 12.2 Å². The van der Waals surface area contributed by atoms with E-state index in [0.29, 0.717) is 6.07 Å². The average Bonchev–Trinajstić information content (AvgIpc) is 2.26. The van der Waals surface area contributed by atoms with Gasteiger partial charge < -0.3 is 4.98 Å². The first kappa shape index (κ1) is 12.6. The van der Waals surface area contributed by atoms with E-state index < -0.39 is 17.7 Å². The molecule has 0 aliphatic rings. The maximum atomic E-state index is 13.6. The first-order chi connectivity index (χ1) is 8.32. The number of pyridine rings is 2. The zero-order valence-electron chi connectivity index (χ0n) is 8.68. The van der Waals surface area contributed by atoms with Crippen molar-refractivity contribution in [3.63, 3.8) is 0 Å². The quantitative estimate of drug-likeness (QED) is 0.489. The minimum Gasteiger partial charge on any atom is -0.329 e. The van der Waals surface area contributed by atoms with Crippen molar-refractivity contribution in [1.29, 1.82) is 0 Å². The molecule has 0 aliphatic heterocycles. The third-order valence-corrected chi connectivity index (χ3v) is 2.53. The number of H-pyrrole nitrogens is 1. The molecule has 0 saturated heterocycles. The number of rotatable bonds is 1. The van der Waals surface area contributed by atoms with Crippen LogP contribution < -0.4 is 0 Å². The molecule has 0 fully saturated rings. The molecule has 3 nitrogen and oxygen atoms in total. The SMILES string of the molecule is C=Nc1cc2c(F)cc(C(F)(F)F)nc2[nH]c1=S. The average molecular weight is 275 g/mol. The lowest BCUT2D eigenvalue weighted by atomic mass is 10.2. The molecule has 8 heteroatoms. The topological polar surface area (TPSA) is 41.0 Å². The highest BCUT2D eigenvalue weighted by molar-refractivity contribution is 7.71. The molecule has 0 saturated carbocycles. The minimum absolute atomic E-state index is 0.0451. The van der Waals surface area contributed by atoms with Crippen LogP contribution in [0.2, 0.25) is 0 Å². The molecule has 0 spiro atoms. The lowest BCUT2D eigenvalue weighted by molar-refractivity contribution is -0.141. The van der Waals surface area contributed by atoms with Gasteiger partial charge in [-0.2, -0.15) is 13.2 Å². The number of nitrogens with zero attached hydrogens (tertiary/aromatic N) is 2. The Hall–Kier alpha value is -1.83. The highest BCUT2D eigenvalue weighted by atomic mass is 32.1. The van der Waals surface area contributed by atoms with Crippen molar-refractivity contribution in [1.82, 2.24) is 9.97 Å². The van der Waals surface area contributed by atoms with Gasteiger partial charge in [-0.1, -0.05) is 12.2 Å². The van der Waals surface area contributed by atoms with Gasteiger partial charge in [0.05, 0.1) is 11.1 Å². The van der Waals surface area contributed by atoms with E-state index in [9.17, 15) is 17.6 Å². The van der Waals surface area contributed by atoms with Crippen molar-refractivity contribution in [2.45, 2.75) is 6.18 Å². The van der Waals surface area contributed by atoms with E-state index in [2.05, 4.69) is 21.7 Å². The zero-order valence-corrected chi connectivity index (χ0v) is 9.49. The van der Waals surface area contributed by atoms with Crippen molar-refractivity contribution in [2.24, 2.45) is 4.99 Å². The van der Waals surface area contributed by atoms with Gasteiger partial charge in [0.15, 0.2) is 0 Å². The molecule has 0 aromatic carbocycles. The van der Waals surface area contributed by atoms with E-state index in [1.54, 1.807) is 0 Å². The Balaban J connectivity index is 2.83. The predicted molar refractivity (Wildman–Crippen MR) is 61.1 cm³/mol. The van der Waals surface area contributed by atoms with Crippen LogP contribution in [0.5, 0.6) is 0 Å². The van der Waals surface area contributed by atoms with Crippen LogP contribution in [0.15, 0.2) is 17.1 Å². The predicted octanol–water partition coefficient (Wildman–Crippen LogP) is 3.78. The normalized spacial score (nSPS) is 11.8. The van der Waals surface area contributed by atoms with Gasteiger partial charge in [-0.25, -0.2) is 9.37 Å². The Labute approximate surface area is 103 Å². The van der Waals surface area contributed by atoms with E-state index in [-0.39, 0.29) is 21.4 Å². The second-order valence-corrected chi connectivity index (χ2v) is 3.80. The molecule has 18 heavy (non-hydrogen) atoms. The molecule has 2 aromatic rings. The van der Waals surface area contributed by atoms with Crippen molar-refractivity contribution < 1.29 is 17.6 Å². The highest BCUT2D eigenvalue weighted by Crippen LogP contribution is 2.31. The molecule has 0 atom stereocenters. The van der Waals surface area contributed by atoms with E-state index in [4.69, 9.17) is 12.2 Å². The molecule has 94 valence electrons. The fourth-order valence-electron chi connectivity index (χ4n) is 1.39. The molecule has 0 amide bonds. The molecule has 1 N–H and O–H groups in total. The summed E-state index contributed by atoms with van der Waals surface area (Å²) in [6.07, 6.45) is -4.72. The van der Waals surface area contributed by atoms with E-state index in [1.165, 1.54) is 6.07 Å². The number of aromatic amines is 1. The fourth-order valence-corrected chi connectivity index (χ4v) is 1.61. The van der Waals surface area contributed by atoms with E-state index >= 15 is 0 Å². The van der Waals surface area contributed by atoms with Crippen molar-refractivity contribution in [3.8, 4) is 0 Å². The van der Waals surface area contributed by atoms with E-state index in [1.807, 2.05) is 0 Å². The zero-order chi connectivity index (χ0) is 13.5. The number of halogens is 4. The monoisotopic (exact) mass is 275 g/mol. The van der Waals surface area contributed by atoms with E-state index in [0.717, 1.165) is 0 Å². The smallest absolute Gasteiger partial charge is 0.329 e. The number of hydrogen-bond acceptors (Lipinski definition) is 3. The Morgan fingerprint density at radius 2 is 2.00 bits per heavy atom. The number of hydrogen-bond donors (Lipinski definition) is 1. The Bertz CT molecular complexity index is 690. The third-order valence-electron chi connectivity index (χ3n) is 2.21. The van der Waals surface area contributed by atoms with Crippen LogP contribution in [0.4, 0.5) is 23.2 Å². The molecule has 2 aromatic heterocycles. The molecule has 0 radical (unpaired) electrons. The third kappa shape index (κ3) is 2.10. The molecular formula is C10H5F4N3S. The van der Waals surface area contributed by atoms with Gasteiger partial charge in [0.2, 0.25) is 0 Å². The lowest BCUT2D eigenvalue weighted by Crippen LogP contribution is -2.09. The van der Waals surface area contributed by atoms with Crippen LogP contribution in [0.25, 0.3) is 11.0 Å². The summed E-state index contributed by atoms with van der Waals surface area (Å²) in [5, 5.41) is -0.126. The fraction of sp³-hybridized carbons (Fsp3) is 0.100. The van der Waals surface area contributed by atoms with Crippen molar-refractivity contribution in [2.75, 3.05) is 0 Å². The molecule has 0 aliphatic carbocycles. The largest absolute Gasteiger partial charge is 0.433 e. The number of alkyl halides is 3. The van der Waals surface area contributed by atoms with Gasteiger partial charge in [0.25, 0.3) is 0 Å². The maximum absolute atomic E-state index is 13.6. The summed E-state index contributed by atoms with van der Waals surface area (Å²) < 4.78 is 50.9. The second kappa shape index (κ2) is 4.13. The summed E-state index contributed by atoms with van der Waals surface area (Å²) in [6, 6.07) is 1.52. The molecular weight excluding hydrogens is 270 g/mol. The Morgan fingerprint density at radius 3 is 2.56 bits per heavy atom. The van der Waals surface area contributed by atoms with Crippen molar-refractivity contribution >= 4 is 35.7 Å². The van der Waals surface area contributed by atoms with Crippen LogP contribution in [0.3, 0.4) is 0 Å². The van der Waals surface area contributed by atoms with Gasteiger partial charge in [-0.15, -0.1) is 0 Å². The number of aromatic nitrogens is 2. The second-order valence-electron chi connectivity index (χ2n) is 3.39. The summed E-state index contributed by atoms with van der Waals surface area (Å²) in [6.45, 7) is 3.23. The summed E-state index contributed by atoms with van der Waals surface area (Å²) >= 11 is 4.83. The molecule has 0 unspecified atom stereocenters. The summed E-state index contributed by atoms with van der Waals surface area (Å²) in [5.41, 5.74) is -1.42. The number of fused-ring (bicyclic) bond motifs is 1. The highest BCUT2D eigenvalue weighted by Gasteiger charge is 2.33. The van der Waals surface area contributed by atoms with Gasteiger partial charge in [0.1, 0.15) is 21.8 Å². The molecule has 2 heterocycles. The standard InChI is InChI=1S/C10H5F4N3S/c1-15-6-2-4-5(11)3-7(10(12,13)14)16-8(4)17-9(6)18/h2-3H,1H2,(H,16,17,18). The molecule has 0 bridgehead atoms. The maximum Gasteiger partial charge on any atom is 0.433 e. The van der Waals surface area contributed by atoms with Gasteiger partial charge in [0, 0.05) is 6.07 Å². The van der Waals surface area contributed by atoms with Crippen LogP contribution in [0, 0.1) is 10.5 Å². The van der Waals surface area contributed by atoms with Crippen LogP contribution in [0.1, 0.15) is 5.69 Å². The first-order valence-electron chi connectivity index (χ1n) is 4.60. The van der Waals surface area contributed by atoms with Crippen molar-refractivity contribution in [3.05, 3.63) is 28.3 Å². The first-order valence-corrected chi connectivity index (χ1v) is 5.01. The van der Waals surface area contributed by atoms with Crippen LogP contribution in [-0.4, -0.2) is 16.7 Å². The summed E-state index contributed by atoms with van der Waals surface area (Å²) in [5.74, 6) is -1.05. The summed E-state index contributed by atoms with van der Waals surface area (Å²) in [4.78, 5) is 9.22. The number of nitrogens with one attached hydrogen (secondary N) is 1. The van der Waals surface area contributed by atoms with Gasteiger partial charge >= 0.3 is 6.18 Å². The molecule has 2 rings (SSSR count). The Morgan fingerprint density at radius 1 is 1.33 bits per heavy atom. The minimum atomic E-state index is -4.72.